The monoisotopic (exact) mass is 302 g/mol. The van der Waals surface area contributed by atoms with E-state index in [0.717, 1.165) is 12.8 Å². The van der Waals surface area contributed by atoms with Gasteiger partial charge in [-0.05, 0) is 27.2 Å². The van der Waals surface area contributed by atoms with Crippen molar-refractivity contribution in [1.82, 2.24) is 0 Å². The van der Waals surface area contributed by atoms with E-state index in [1.54, 1.807) is 0 Å². The van der Waals surface area contributed by atoms with Crippen molar-refractivity contribution >= 4 is 5.97 Å². The van der Waals surface area contributed by atoms with Crippen LogP contribution in [0.4, 0.5) is 0 Å². The summed E-state index contributed by atoms with van der Waals surface area (Å²) >= 11 is 0. The molecule has 0 aromatic heterocycles. The molecule has 0 amide bonds. The van der Waals surface area contributed by atoms with Crippen LogP contribution in [0.3, 0.4) is 0 Å². The molecule has 4 heteroatoms. The smallest absolute Gasteiger partial charge is 0.336 e. The van der Waals surface area contributed by atoms with E-state index in [1.807, 2.05) is 20.8 Å². The highest BCUT2D eigenvalue weighted by Crippen LogP contribution is 2.15. The van der Waals surface area contributed by atoms with E-state index in [2.05, 4.69) is 6.92 Å². The Bertz CT molecular complexity index is 258. The Morgan fingerprint density at radius 1 is 0.952 bits per heavy atom. The van der Waals surface area contributed by atoms with Gasteiger partial charge in [0.25, 0.3) is 0 Å². The maximum absolute atomic E-state index is 11.1. The van der Waals surface area contributed by atoms with Gasteiger partial charge in [0.1, 0.15) is 0 Å². The summed E-state index contributed by atoms with van der Waals surface area (Å²) in [6.07, 6.45) is 10.6. The summed E-state index contributed by atoms with van der Waals surface area (Å²) in [4.78, 5) is 21.2. The van der Waals surface area contributed by atoms with Gasteiger partial charge in [-0.1, -0.05) is 64.7 Å². The standard InChI is InChI=1S/C17H34O4/c1-5-6-7-8-9-10-11-12-13-14-15(16(18)19)20-21-17(2,3)4/h15H,5-14H2,1-4H3,(H,18,19). The number of hydrogen-bond donors (Lipinski definition) is 1. The fourth-order valence-electron chi connectivity index (χ4n) is 2.06. The first-order valence-electron chi connectivity index (χ1n) is 8.44. The highest BCUT2D eigenvalue weighted by Gasteiger charge is 2.22. The topological polar surface area (TPSA) is 55.8 Å². The minimum Gasteiger partial charge on any atom is -0.479 e. The first-order valence-corrected chi connectivity index (χ1v) is 8.44. The average Bonchev–Trinajstić information content (AvgIpc) is 2.38. The fourth-order valence-corrected chi connectivity index (χ4v) is 2.06. The van der Waals surface area contributed by atoms with Gasteiger partial charge in [0.2, 0.25) is 0 Å². The van der Waals surface area contributed by atoms with E-state index in [0.29, 0.717) is 6.42 Å². The van der Waals surface area contributed by atoms with Crippen molar-refractivity contribution in [1.29, 1.82) is 0 Å². The molecule has 1 N–H and O–H groups in total. The Morgan fingerprint density at radius 3 is 1.86 bits per heavy atom. The number of aliphatic carboxylic acids is 1. The Labute approximate surface area is 130 Å². The van der Waals surface area contributed by atoms with E-state index < -0.39 is 17.7 Å². The molecule has 0 aliphatic rings. The second-order valence-electron chi connectivity index (χ2n) is 6.74. The summed E-state index contributed by atoms with van der Waals surface area (Å²) in [7, 11) is 0. The van der Waals surface area contributed by atoms with Gasteiger partial charge >= 0.3 is 5.97 Å². The SMILES string of the molecule is CCCCCCCCCCCC(OOC(C)(C)C)C(=O)O. The third-order valence-corrected chi connectivity index (χ3v) is 3.26. The first kappa shape index (κ1) is 20.4. The molecular weight excluding hydrogens is 268 g/mol. The minimum atomic E-state index is -0.946. The van der Waals surface area contributed by atoms with Gasteiger partial charge in [0, 0.05) is 0 Å². The molecule has 0 aromatic carbocycles. The predicted octanol–water partition coefficient (Wildman–Crippen LogP) is 5.11. The van der Waals surface area contributed by atoms with Crippen molar-refractivity contribution in [3.63, 3.8) is 0 Å². The van der Waals surface area contributed by atoms with Crippen molar-refractivity contribution in [2.24, 2.45) is 0 Å². The molecule has 0 aliphatic heterocycles. The zero-order valence-electron chi connectivity index (χ0n) is 14.3. The van der Waals surface area contributed by atoms with Crippen LogP contribution in [0.5, 0.6) is 0 Å². The molecule has 1 atom stereocenters. The van der Waals surface area contributed by atoms with Crippen LogP contribution in [-0.2, 0) is 14.6 Å². The van der Waals surface area contributed by atoms with Gasteiger partial charge in [-0.3, -0.25) is 0 Å². The largest absolute Gasteiger partial charge is 0.479 e. The zero-order valence-corrected chi connectivity index (χ0v) is 14.3. The van der Waals surface area contributed by atoms with Crippen molar-refractivity contribution in [3.05, 3.63) is 0 Å². The predicted molar refractivity (Wildman–Crippen MR) is 85.2 cm³/mol. The molecule has 126 valence electrons. The molecule has 21 heavy (non-hydrogen) atoms. The van der Waals surface area contributed by atoms with Gasteiger partial charge in [-0.25, -0.2) is 14.6 Å². The Hall–Kier alpha value is -0.610. The molecule has 0 aromatic rings. The molecule has 4 nitrogen and oxygen atoms in total. The Kier molecular flexibility index (Phi) is 11.6. The highest BCUT2D eigenvalue weighted by molar-refractivity contribution is 5.72. The molecule has 0 heterocycles. The highest BCUT2D eigenvalue weighted by atomic mass is 17.2. The normalized spacial score (nSPS) is 13.3. The molecule has 0 radical (unpaired) electrons. The van der Waals surface area contributed by atoms with Gasteiger partial charge in [-0.15, -0.1) is 0 Å². The number of rotatable bonds is 13. The van der Waals surface area contributed by atoms with Gasteiger partial charge in [0.15, 0.2) is 6.10 Å². The molecule has 0 saturated carbocycles. The van der Waals surface area contributed by atoms with Crippen LogP contribution in [0.2, 0.25) is 0 Å². The fraction of sp³-hybridized carbons (Fsp3) is 0.941. The summed E-state index contributed by atoms with van der Waals surface area (Å²) in [6, 6.07) is 0. The lowest BCUT2D eigenvalue weighted by Crippen LogP contribution is -2.29. The van der Waals surface area contributed by atoms with E-state index in [9.17, 15) is 4.79 Å². The molecule has 0 saturated heterocycles. The van der Waals surface area contributed by atoms with Gasteiger partial charge in [-0.2, -0.15) is 0 Å². The number of hydrogen-bond acceptors (Lipinski definition) is 3. The van der Waals surface area contributed by atoms with Crippen LogP contribution in [0.1, 0.15) is 91.9 Å². The van der Waals surface area contributed by atoms with Crippen LogP contribution in [0.25, 0.3) is 0 Å². The van der Waals surface area contributed by atoms with E-state index in [4.69, 9.17) is 14.9 Å². The first-order chi connectivity index (χ1) is 9.87. The van der Waals surface area contributed by atoms with Gasteiger partial charge < -0.3 is 5.11 Å². The zero-order chi connectivity index (χ0) is 16.1. The molecule has 1 unspecified atom stereocenters. The van der Waals surface area contributed by atoms with Crippen LogP contribution >= 0.6 is 0 Å². The van der Waals surface area contributed by atoms with E-state index >= 15 is 0 Å². The van der Waals surface area contributed by atoms with Crippen LogP contribution < -0.4 is 0 Å². The molecule has 0 rings (SSSR count). The summed E-state index contributed by atoms with van der Waals surface area (Å²) < 4.78 is 0. The molecule has 0 bridgehead atoms. The number of carboxylic acids is 1. The second kappa shape index (κ2) is 12.0. The lowest BCUT2D eigenvalue weighted by atomic mass is 10.1. The summed E-state index contributed by atoms with van der Waals surface area (Å²) in [5.41, 5.74) is -0.480. The molecule has 0 aliphatic carbocycles. The van der Waals surface area contributed by atoms with E-state index in [1.165, 1.54) is 44.9 Å². The Balaban J connectivity index is 3.59. The second-order valence-corrected chi connectivity index (χ2v) is 6.74. The number of unbranched alkanes of at least 4 members (excludes halogenated alkanes) is 8. The van der Waals surface area contributed by atoms with E-state index in [-0.39, 0.29) is 0 Å². The average molecular weight is 302 g/mol. The summed E-state index contributed by atoms with van der Waals surface area (Å²) in [5.74, 6) is -0.946. The maximum Gasteiger partial charge on any atom is 0.336 e. The van der Waals surface area contributed by atoms with Crippen molar-refractivity contribution < 1.29 is 19.7 Å². The molecular formula is C17H34O4. The summed E-state index contributed by atoms with van der Waals surface area (Å²) in [5, 5.41) is 9.09. The molecule has 0 spiro atoms. The lowest BCUT2D eigenvalue weighted by molar-refractivity contribution is -0.368. The number of carboxylic acid groups (broad SMARTS) is 1. The van der Waals surface area contributed by atoms with Crippen molar-refractivity contribution in [3.8, 4) is 0 Å². The maximum atomic E-state index is 11.1. The number of carbonyl (C=O) groups is 1. The van der Waals surface area contributed by atoms with Crippen molar-refractivity contribution in [2.75, 3.05) is 0 Å². The quantitative estimate of drug-likeness (QED) is 0.292. The lowest BCUT2D eigenvalue weighted by Gasteiger charge is -2.21. The third kappa shape index (κ3) is 14.1. The van der Waals surface area contributed by atoms with Gasteiger partial charge in [0.05, 0.1) is 5.60 Å². The summed E-state index contributed by atoms with van der Waals surface area (Å²) in [6.45, 7) is 7.74. The minimum absolute atomic E-state index is 0.480. The molecule has 0 fully saturated rings. The Morgan fingerprint density at radius 2 is 1.43 bits per heavy atom. The van der Waals surface area contributed by atoms with Crippen LogP contribution in [-0.4, -0.2) is 22.8 Å². The van der Waals surface area contributed by atoms with Crippen molar-refractivity contribution in [2.45, 2.75) is 104 Å². The van der Waals surface area contributed by atoms with Crippen LogP contribution in [0.15, 0.2) is 0 Å². The third-order valence-electron chi connectivity index (χ3n) is 3.26. The van der Waals surface area contributed by atoms with Crippen LogP contribution in [0, 0.1) is 0 Å².